The van der Waals surface area contributed by atoms with Gasteiger partial charge in [-0.3, -0.25) is 0 Å². The molecular formula is C12H11BrN4O. The van der Waals surface area contributed by atoms with Crippen molar-refractivity contribution in [3.05, 3.63) is 40.0 Å². The second-order valence-electron chi connectivity index (χ2n) is 3.86. The molecule has 0 aliphatic heterocycles. The first-order chi connectivity index (χ1) is 8.60. The Kier molecular flexibility index (Phi) is 3.63. The lowest BCUT2D eigenvalue weighted by Gasteiger charge is -2.18. The SMILES string of the molecule is Cc1nc(CN(C)c2ccc(C#N)cc2Br)no1. The minimum absolute atomic E-state index is 0.543. The molecule has 1 aromatic carbocycles. The van der Waals surface area contributed by atoms with Crippen LogP contribution >= 0.6 is 15.9 Å². The van der Waals surface area contributed by atoms with E-state index in [0.29, 0.717) is 23.8 Å². The molecule has 1 heterocycles. The van der Waals surface area contributed by atoms with Crippen molar-refractivity contribution < 1.29 is 4.52 Å². The first-order valence-corrected chi connectivity index (χ1v) is 6.09. The molecule has 6 heteroatoms. The van der Waals surface area contributed by atoms with E-state index in [0.717, 1.165) is 10.2 Å². The molecule has 0 atom stereocenters. The van der Waals surface area contributed by atoms with E-state index < -0.39 is 0 Å². The van der Waals surface area contributed by atoms with Gasteiger partial charge in [0, 0.05) is 18.4 Å². The summed E-state index contributed by atoms with van der Waals surface area (Å²) in [7, 11) is 1.93. The summed E-state index contributed by atoms with van der Waals surface area (Å²) in [5.41, 5.74) is 1.59. The Hall–Kier alpha value is -1.87. The van der Waals surface area contributed by atoms with Gasteiger partial charge in [0.05, 0.1) is 23.9 Å². The van der Waals surface area contributed by atoms with Gasteiger partial charge in [-0.05, 0) is 34.1 Å². The van der Waals surface area contributed by atoms with Crippen LogP contribution in [0.5, 0.6) is 0 Å². The molecule has 0 N–H and O–H groups in total. The van der Waals surface area contributed by atoms with E-state index in [1.54, 1.807) is 19.1 Å². The van der Waals surface area contributed by atoms with Crippen LogP contribution in [0, 0.1) is 18.3 Å². The smallest absolute Gasteiger partial charge is 0.223 e. The van der Waals surface area contributed by atoms with Crippen LogP contribution < -0.4 is 4.90 Å². The van der Waals surface area contributed by atoms with Crippen molar-refractivity contribution in [2.45, 2.75) is 13.5 Å². The van der Waals surface area contributed by atoms with E-state index in [1.807, 2.05) is 18.0 Å². The Labute approximate surface area is 113 Å². The molecule has 5 nitrogen and oxygen atoms in total. The molecular weight excluding hydrogens is 296 g/mol. The fourth-order valence-electron chi connectivity index (χ4n) is 1.59. The number of hydrogen-bond donors (Lipinski definition) is 0. The van der Waals surface area contributed by atoms with Crippen LogP contribution in [-0.4, -0.2) is 17.2 Å². The summed E-state index contributed by atoms with van der Waals surface area (Å²) in [4.78, 5) is 6.13. The molecule has 0 unspecified atom stereocenters. The molecule has 0 saturated carbocycles. The lowest BCUT2D eigenvalue weighted by molar-refractivity contribution is 0.387. The van der Waals surface area contributed by atoms with Crippen LogP contribution in [0.25, 0.3) is 0 Å². The van der Waals surface area contributed by atoms with Crippen LogP contribution in [-0.2, 0) is 6.54 Å². The third kappa shape index (κ3) is 2.68. The highest BCUT2D eigenvalue weighted by Crippen LogP contribution is 2.27. The molecule has 0 saturated heterocycles. The number of nitrogens with zero attached hydrogens (tertiary/aromatic N) is 4. The van der Waals surface area contributed by atoms with Crippen molar-refractivity contribution in [3.8, 4) is 6.07 Å². The van der Waals surface area contributed by atoms with Gasteiger partial charge >= 0.3 is 0 Å². The Morgan fingerprint density at radius 1 is 1.50 bits per heavy atom. The Morgan fingerprint density at radius 3 is 2.83 bits per heavy atom. The fraction of sp³-hybridized carbons (Fsp3) is 0.250. The number of nitriles is 1. The maximum absolute atomic E-state index is 8.81. The molecule has 2 aromatic rings. The van der Waals surface area contributed by atoms with E-state index in [-0.39, 0.29) is 0 Å². The van der Waals surface area contributed by atoms with E-state index in [1.165, 1.54) is 0 Å². The number of halogens is 1. The topological polar surface area (TPSA) is 66.0 Å². The molecule has 0 aliphatic carbocycles. The van der Waals surface area contributed by atoms with Crippen molar-refractivity contribution in [1.82, 2.24) is 10.1 Å². The predicted molar refractivity (Wildman–Crippen MR) is 70.0 cm³/mol. The first-order valence-electron chi connectivity index (χ1n) is 5.30. The molecule has 0 bridgehead atoms. The average Bonchev–Trinajstić information content (AvgIpc) is 2.74. The van der Waals surface area contributed by atoms with Crippen LogP contribution in [0.2, 0.25) is 0 Å². The lowest BCUT2D eigenvalue weighted by Crippen LogP contribution is -2.17. The average molecular weight is 307 g/mol. The van der Waals surface area contributed by atoms with Gasteiger partial charge in [-0.15, -0.1) is 0 Å². The Morgan fingerprint density at radius 2 is 2.28 bits per heavy atom. The highest BCUT2D eigenvalue weighted by molar-refractivity contribution is 9.10. The van der Waals surface area contributed by atoms with E-state index >= 15 is 0 Å². The number of aryl methyl sites for hydroxylation is 1. The monoisotopic (exact) mass is 306 g/mol. The fourth-order valence-corrected chi connectivity index (χ4v) is 2.27. The number of rotatable bonds is 3. The van der Waals surface area contributed by atoms with Gasteiger partial charge in [0.1, 0.15) is 0 Å². The quantitative estimate of drug-likeness (QED) is 0.872. The van der Waals surface area contributed by atoms with Gasteiger partial charge in [-0.1, -0.05) is 5.16 Å². The highest BCUT2D eigenvalue weighted by atomic mass is 79.9. The van der Waals surface area contributed by atoms with Crippen molar-refractivity contribution in [2.75, 3.05) is 11.9 Å². The summed E-state index contributed by atoms with van der Waals surface area (Å²) < 4.78 is 5.79. The molecule has 18 heavy (non-hydrogen) atoms. The second kappa shape index (κ2) is 5.19. The summed E-state index contributed by atoms with van der Waals surface area (Å²) in [6.45, 7) is 2.30. The second-order valence-corrected chi connectivity index (χ2v) is 4.72. The molecule has 92 valence electrons. The summed E-state index contributed by atoms with van der Waals surface area (Å²) in [5.74, 6) is 1.18. The maximum Gasteiger partial charge on any atom is 0.223 e. The van der Waals surface area contributed by atoms with Gasteiger partial charge in [-0.25, -0.2) is 0 Å². The normalized spacial score (nSPS) is 10.1. The van der Waals surface area contributed by atoms with Crippen LogP contribution in [0.15, 0.2) is 27.2 Å². The third-order valence-electron chi connectivity index (χ3n) is 2.44. The van der Waals surface area contributed by atoms with Crippen molar-refractivity contribution >= 4 is 21.6 Å². The van der Waals surface area contributed by atoms with Gasteiger partial charge in [0.2, 0.25) is 5.89 Å². The minimum Gasteiger partial charge on any atom is -0.366 e. The Bertz CT molecular complexity index is 602. The van der Waals surface area contributed by atoms with E-state index in [9.17, 15) is 0 Å². The van der Waals surface area contributed by atoms with Gasteiger partial charge < -0.3 is 9.42 Å². The van der Waals surface area contributed by atoms with E-state index in [2.05, 4.69) is 32.1 Å². The molecule has 1 aromatic heterocycles. The molecule has 0 radical (unpaired) electrons. The number of anilines is 1. The molecule has 0 spiro atoms. The molecule has 0 amide bonds. The van der Waals surface area contributed by atoms with Crippen molar-refractivity contribution in [3.63, 3.8) is 0 Å². The zero-order valence-corrected chi connectivity index (χ0v) is 11.6. The zero-order valence-electron chi connectivity index (χ0n) is 10.0. The van der Waals surface area contributed by atoms with Gasteiger partial charge in [0.25, 0.3) is 0 Å². The van der Waals surface area contributed by atoms with Crippen molar-refractivity contribution in [2.24, 2.45) is 0 Å². The predicted octanol–water partition coefficient (Wildman–Crippen LogP) is 2.65. The number of aromatic nitrogens is 2. The van der Waals surface area contributed by atoms with Gasteiger partial charge in [-0.2, -0.15) is 10.2 Å². The summed E-state index contributed by atoms with van der Waals surface area (Å²) in [5, 5.41) is 12.7. The highest BCUT2D eigenvalue weighted by Gasteiger charge is 2.10. The van der Waals surface area contributed by atoms with Crippen LogP contribution in [0.3, 0.4) is 0 Å². The zero-order chi connectivity index (χ0) is 13.1. The Balaban J connectivity index is 2.19. The first kappa shape index (κ1) is 12.6. The molecule has 0 aliphatic rings. The molecule has 2 rings (SSSR count). The van der Waals surface area contributed by atoms with Crippen LogP contribution in [0.4, 0.5) is 5.69 Å². The summed E-state index contributed by atoms with van der Waals surface area (Å²) in [6, 6.07) is 7.54. The largest absolute Gasteiger partial charge is 0.366 e. The standard InChI is InChI=1S/C12H11BrN4O/c1-8-15-12(16-18-8)7-17(2)11-4-3-9(6-14)5-10(11)13/h3-5H,7H2,1-2H3. The summed E-state index contributed by atoms with van der Waals surface area (Å²) >= 11 is 3.45. The lowest BCUT2D eigenvalue weighted by atomic mass is 10.2. The number of hydrogen-bond acceptors (Lipinski definition) is 5. The minimum atomic E-state index is 0.543. The number of benzene rings is 1. The summed E-state index contributed by atoms with van der Waals surface area (Å²) in [6.07, 6.45) is 0. The molecule has 0 fully saturated rings. The maximum atomic E-state index is 8.81. The van der Waals surface area contributed by atoms with Crippen molar-refractivity contribution in [1.29, 1.82) is 5.26 Å². The van der Waals surface area contributed by atoms with E-state index in [4.69, 9.17) is 9.78 Å². The third-order valence-corrected chi connectivity index (χ3v) is 3.07. The van der Waals surface area contributed by atoms with Gasteiger partial charge in [0.15, 0.2) is 5.82 Å². The van der Waals surface area contributed by atoms with Crippen LogP contribution in [0.1, 0.15) is 17.3 Å².